The number of thiophene rings is 1. The molecule has 0 unspecified atom stereocenters. The van der Waals surface area contributed by atoms with Crippen molar-refractivity contribution in [3.8, 4) is 0 Å². The third-order valence-corrected chi connectivity index (χ3v) is 3.40. The molecule has 1 heterocycles. The molecule has 0 bridgehead atoms. The van der Waals surface area contributed by atoms with Crippen molar-refractivity contribution in [1.82, 2.24) is 10.2 Å². The normalized spacial score (nSPS) is 11.1. The van der Waals surface area contributed by atoms with Crippen LogP contribution in [0.15, 0.2) is 17.5 Å². The van der Waals surface area contributed by atoms with Crippen LogP contribution in [0.4, 0.5) is 0 Å². The quantitative estimate of drug-likeness (QED) is 0.684. The third kappa shape index (κ3) is 5.92. The second-order valence-corrected chi connectivity index (χ2v) is 4.87. The molecule has 0 radical (unpaired) electrons. The van der Waals surface area contributed by atoms with E-state index in [9.17, 15) is 0 Å². The Labute approximate surface area is 97.3 Å². The summed E-state index contributed by atoms with van der Waals surface area (Å²) in [4.78, 5) is 3.91. The van der Waals surface area contributed by atoms with E-state index in [0.717, 1.165) is 13.1 Å². The van der Waals surface area contributed by atoms with Crippen LogP contribution in [0, 0.1) is 0 Å². The monoisotopic (exact) mass is 226 g/mol. The van der Waals surface area contributed by atoms with Crippen LogP contribution in [-0.2, 0) is 6.42 Å². The molecule has 1 aromatic heterocycles. The first-order valence-electron chi connectivity index (χ1n) is 5.74. The van der Waals surface area contributed by atoms with Crippen LogP contribution in [-0.4, -0.2) is 38.1 Å². The number of hydrogen-bond acceptors (Lipinski definition) is 3. The largest absolute Gasteiger partial charge is 0.317 e. The van der Waals surface area contributed by atoms with Gasteiger partial charge in [0.05, 0.1) is 0 Å². The Balaban J connectivity index is 2.01. The second kappa shape index (κ2) is 7.85. The van der Waals surface area contributed by atoms with Crippen LogP contribution < -0.4 is 5.32 Å². The van der Waals surface area contributed by atoms with Gasteiger partial charge in [0.25, 0.3) is 0 Å². The minimum atomic E-state index is 1.08. The summed E-state index contributed by atoms with van der Waals surface area (Å²) >= 11 is 1.86. The molecule has 1 rings (SSSR count). The van der Waals surface area contributed by atoms with Crippen LogP contribution in [0.25, 0.3) is 0 Å². The molecule has 1 N–H and O–H groups in total. The van der Waals surface area contributed by atoms with E-state index < -0.39 is 0 Å². The summed E-state index contributed by atoms with van der Waals surface area (Å²) in [6.45, 7) is 6.74. The molecule has 3 heteroatoms. The Bertz CT molecular complexity index is 234. The number of nitrogens with zero attached hydrogens (tertiary/aromatic N) is 1. The highest BCUT2D eigenvalue weighted by molar-refractivity contribution is 7.09. The van der Waals surface area contributed by atoms with Gasteiger partial charge >= 0.3 is 0 Å². The van der Waals surface area contributed by atoms with E-state index >= 15 is 0 Å². The fourth-order valence-corrected chi connectivity index (χ4v) is 2.22. The molecular weight excluding hydrogens is 204 g/mol. The van der Waals surface area contributed by atoms with E-state index in [4.69, 9.17) is 0 Å². The minimum absolute atomic E-state index is 1.08. The zero-order valence-electron chi connectivity index (χ0n) is 9.83. The third-order valence-electron chi connectivity index (χ3n) is 2.46. The molecular formula is C12H22N2S. The van der Waals surface area contributed by atoms with Crippen LogP contribution >= 0.6 is 11.3 Å². The van der Waals surface area contributed by atoms with Crippen molar-refractivity contribution in [2.24, 2.45) is 0 Å². The zero-order chi connectivity index (χ0) is 10.9. The van der Waals surface area contributed by atoms with E-state index in [1.807, 2.05) is 11.3 Å². The van der Waals surface area contributed by atoms with Crippen molar-refractivity contribution in [3.05, 3.63) is 22.4 Å². The maximum absolute atomic E-state index is 3.35. The topological polar surface area (TPSA) is 15.3 Å². The Kier molecular flexibility index (Phi) is 6.64. The Hall–Kier alpha value is -0.380. The van der Waals surface area contributed by atoms with Gasteiger partial charge in [-0.25, -0.2) is 0 Å². The van der Waals surface area contributed by atoms with E-state index in [0.29, 0.717) is 0 Å². The molecule has 0 aliphatic carbocycles. The van der Waals surface area contributed by atoms with Gasteiger partial charge in [-0.3, -0.25) is 0 Å². The lowest BCUT2D eigenvalue weighted by atomic mass is 10.3. The summed E-state index contributed by atoms with van der Waals surface area (Å²) < 4.78 is 0. The zero-order valence-corrected chi connectivity index (χ0v) is 10.6. The molecule has 0 fully saturated rings. The molecule has 0 aliphatic rings. The first-order chi connectivity index (χ1) is 7.33. The Morgan fingerprint density at radius 3 is 2.93 bits per heavy atom. The number of rotatable bonds is 8. The van der Waals surface area contributed by atoms with Gasteiger partial charge in [0, 0.05) is 11.4 Å². The lowest BCUT2D eigenvalue weighted by Gasteiger charge is -2.15. The predicted octanol–water partition coefficient (Wildman–Crippen LogP) is 2.22. The summed E-state index contributed by atoms with van der Waals surface area (Å²) in [5, 5.41) is 5.50. The highest BCUT2D eigenvalue weighted by atomic mass is 32.1. The first-order valence-corrected chi connectivity index (χ1v) is 6.62. The minimum Gasteiger partial charge on any atom is -0.317 e. The lowest BCUT2D eigenvalue weighted by molar-refractivity contribution is 0.332. The average molecular weight is 226 g/mol. The molecule has 2 nitrogen and oxygen atoms in total. The van der Waals surface area contributed by atoms with Crippen LogP contribution in [0.1, 0.15) is 18.2 Å². The molecule has 0 aliphatic heterocycles. The maximum Gasteiger partial charge on any atom is 0.00579 e. The van der Waals surface area contributed by atoms with Crippen molar-refractivity contribution < 1.29 is 0 Å². The first kappa shape index (κ1) is 12.7. The van der Waals surface area contributed by atoms with E-state index in [-0.39, 0.29) is 0 Å². The van der Waals surface area contributed by atoms with Crippen LogP contribution in [0.3, 0.4) is 0 Å². The number of likely N-dealkylation sites (N-methyl/N-ethyl adjacent to an activating group) is 1. The second-order valence-electron chi connectivity index (χ2n) is 3.84. The van der Waals surface area contributed by atoms with E-state index in [2.05, 4.69) is 41.7 Å². The van der Waals surface area contributed by atoms with Crippen molar-refractivity contribution in [2.75, 3.05) is 33.2 Å². The number of hydrogen-bond donors (Lipinski definition) is 1. The van der Waals surface area contributed by atoms with Gasteiger partial charge in [-0.15, -0.1) is 11.3 Å². The van der Waals surface area contributed by atoms with Crippen LogP contribution in [0.5, 0.6) is 0 Å². The molecule has 0 saturated heterocycles. The summed E-state index contributed by atoms with van der Waals surface area (Å²) in [5.74, 6) is 0. The van der Waals surface area contributed by atoms with Gasteiger partial charge in [-0.05, 0) is 51.0 Å². The Morgan fingerprint density at radius 2 is 2.27 bits per heavy atom. The van der Waals surface area contributed by atoms with Gasteiger partial charge in [-0.2, -0.15) is 0 Å². The maximum atomic E-state index is 3.35. The predicted molar refractivity (Wildman–Crippen MR) is 68.7 cm³/mol. The fourth-order valence-electron chi connectivity index (χ4n) is 1.52. The highest BCUT2D eigenvalue weighted by Crippen LogP contribution is 2.09. The highest BCUT2D eigenvalue weighted by Gasteiger charge is 1.99. The number of nitrogens with one attached hydrogen (secondary N) is 1. The SMILES string of the molecule is CCNCCCN(C)CCc1cccs1. The fraction of sp³-hybridized carbons (Fsp3) is 0.667. The standard InChI is InChI=1S/C12H22N2S/c1-3-13-8-5-9-14(2)10-7-12-6-4-11-15-12/h4,6,11,13H,3,5,7-10H2,1-2H3. The summed E-state index contributed by atoms with van der Waals surface area (Å²) in [6, 6.07) is 4.35. The summed E-state index contributed by atoms with van der Waals surface area (Å²) in [5.41, 5.74) is 0. The molecule has 0 saturated carbocycles. The summed E-state index contributed by atoms with van der Waals surface area (Å²) in [7, 11) is 2.21. The van der Waals surface area contributed by atoms with Gasteiger partial charge in [-0.1, -0.05) is 13.0 Å². The Morgan fingerprint density at radius 1 is 1.40 bits per heavy atom. The van der Waals surface area contributed by atoms with Gasteiger partial charge in [0.2, 0.25) is 0 Å². The molecule has 0 amide bonds. The average Bonchev–Trinajstić information content (AvgIpc) is 2.74. The van der Waals surface area contributed by atoms with E-state index in [1.165, 1.54) is 30.8 Å². The van der Waals surface area contributed by atoms with Crippen molar-refractivity contribution in [3.63, 3.8) is 0 Å². The molecule has 0 atom stereocenters. The molecule has 0 aromatic carbocycles. The molecule has 1 aromatic rings. The molecule has 15 heavy (non-hydrogen) atoms. The van der Waals surface area contributed by atoms with E-state index in [1.54, 1.807) is 0 Å². The van der Waals surface area contributed by atoms with Crippen molar-refractivity contribution in [1.29, 1.82) is 0 Å². The van der Waals surface area contributed by atoms with Gasteiger partial charge in [0.1, 0.15) is 0 Å². The molecule has 0 spiro atoms. The molecule has 86 valence electrons. The van der Waals surface area contributed by atoms with Crippen molar-refractivity contribution >= 4 is 11.3 Å². The lowest BCUT2D eigenvalue weighted by Crippen LogP contribution is -2.25. The van der Waals surface area contributed by atoms with Gasteiger partial charge in [0.15, 0.2) is 0 Å². The van der Waals surface area contributed by atoms with Gasteiger partial charge < -0.3 is 10.2 Å². The van der Waals surface area contributed by atoms with Crippen molar-refractivity contribution in [2.45, 2.75) is 19.8 Å². The van der Waals surface area contributed by atoms with Crippen LogP contribution in [0.2, 0.25) is 0 Å². The smallest absolute Gasteiger partial charge is 0.00579 e. The summed E-state index contributed by atoms with van der Waals surface area (Å²) in [6.07, 6.45) is 2.43.